The van der Waals surface area contributed by atoms with E-state index in [1.54, 1.807) is 0 Å². The van der Waals surface area contributed by atoms with Crippen molar-refractivity contribution in [3.05, 3.63) is 0 Å². The number of hydrogen-bond donors (Lipinski definition) is 2. The van der Waals surface area contributed by atoms with Crippen molar-refractivity contribution in [3.63, 3.8) is 0 Å². The van der Waals surface area contributed by atoms with Gasteiger partial charge in [0.15, 0.2) is 0 Å². The van der Waals surface area contributed by atoms with Crippen LogP contribution in [0.3, 0.4) is 0 Å². The first kappa shape index (κ1) is 13.4. The third-order valence-electron chi connectivity index (χ3n) is 5.40. The number of nitrogens with two attached hydrogens (primary N) is 1. The van der Waals surface area contributed by atoms with Crippen LogP contribution >= 0.6 is 0 Å². The van der Waals surface area contributed by atoms with E-state index >= 15 is 0 Å². The summed E-state index contributed by atoms with van der Waals surface area (Å²) in [7, 11) is 0. The second-order valence-corrected chi connectivity index (χ2v) is 6.65. The van der Waals surface area contributed by atoms with Crippen molar-refractivity contribution >= 4 is 0 Å². The molecule has 2 rings (SSSR count). The lowest BCUT2D eigenvalue weighted by Crippen LogP contribution is -2.58. The van der Waals surface area contributed by atoms with Gasteiger partial charge < -0.3 is 11.1 Å². The maximum Gasteiger partial charge on any atom is 0.0329 e. The predicted octanol–water partition coefficient (Wildman–Crippen LogP) is 2.92. The van der Waals surface area contributed by atoms with Crippen LogP contribution in [-0.4, -0.2) is 18.6 Å². The van der Waals surface area contributed by atoms with Crippen LogP contribution in [0.25, 0.3) is 0 Å². The number of hydrogen-bond acceptors (Lipinski definition) is 2. The molecule has 0 amide bonds. The lowest BCUT2D eigenvalue weighted by atomic mass is 9.69. The van der Waals surface area contributed by atoms with E-state index in [4.69, 9.17) is 5.73 Å². The largest absolute Gasteiger partial charge is 0.329 e. The molecule has 0 aliphatic heterocycles. The lowest BCUT2D eigenvalue weighted by Gasteiger charge is -2.45. The summed E-state index contributed by atoms with van der Waals surface area (Å²) in [6.07, 6.45) is 9.71. The van der Waals surface area contributed by atoms with Crippen LogP contribution in [0, 0.1) is 17.8 Å². The molecule has 0 aromatic heterocycles. The zero-order valence-corrected chi connectivity index (χ0v) is 11.7. The Bertz CT molecular complexity index is 237. The first-order valence-electron chi connectivity index (χ1n) is 7.61. The van der Waals surface area contributed by atoms with Gasteiger partial charge >= 0.3 is 0 Å². The van der Waals surface area contributed by atoms with E-state index in [1.165, 1.54) is 51.5 Å². The Morgan fingerprint density at radius 1 is 1.24 bits per heavy atom. The zero-order chi connectivity index (χ0) is 12.3. The summed E-state index contributed by atoms with van der Waals surface area (Å²) in [6.45, 7) is 6.76. The van der Waals surface area contributed by atoms with Crippen molar-refractivity contribution in [2.75, 3.05) is 13.1 Å². The highest BCUT2D eigenvalue weighted by atomic mass is 15.0. The van der Waals surface area contributed by atoms with Crippen LogP contribution in [0.4, 0.5) is 0 Å². The Kier molecular flexibility index (Phi) is 4.48. The van der Waals surface area contributed by atoms with E-state index in [9.17, 15) is 0 Å². The highest BCUT2D eigenvalue weighted by Gasteiger charge is 2.38. The molecule has 0 spiro atoms. The molecule has 2 aliphatic carbocycles. The molecule has 0 heterocycles. The molecule has 3 N–H and O–H groups in total. The van der Waals surface area contributed by atoms with Gasteiger partial charge in [0.05, 0.1) is 0 Å². The monoisotopic (exact) mass is 238 g/mol. The Morgan fingerprint density at radius 3 is 2.53 bits per heavy atom. The minimum absolute atomic E-state index is 0.246. The van der Waals surface area contributed by atoms with Crippen LogP contribution in [-0.2, 0) is 0 Å². The van der Waals surface area contributed by atoms with E-state index in [0.717, 1.165) is 24.3 Å². The second kappa shape index (κ2) is 5.71. The van der Waals surface area contributed by atoms with Gasteiger partial charge in [0.2, 0.25) is 0 Å². The van der Waals surface area contributed by atoms with Crippen LogP contribution in [0.15, 0.2) is 0 Å². The molecule has 2 fully saturated rings. The third kappa shape index (κ3) is 3.03. The molecular formula is C15H30N2. The molecule has 0 aromatic carbocycles. The zero-order valence-electron chi connectivity index (χ0n) is 11.7. The number of rotatable bonds is 5. The molecule has 0 aromatic rings. The van der Waals surface area contributed by atoms with Crippen LogP contribution in [0.1, 0.15) is 58.8 Å². The van der Waals surface area contributed by atoms with Gasteiger partial charge in [-0.05, 0) is 50.0 Å². The molecule has 2 heteroatoms. The fourth-order valence-electron chi connectivity index (χ4n) is 3.64. The summed E-state index contributed by atoms with van der Waals surface area (Å²) >= 11 is 0. The predicted molar refractivity (Wildman–Crippen MR) is 73.9 cm³/mol. The molecular weight excluding hydrogens is 208 g/mol. The second-order valence-electron chi connectivity index (χ2n) is 6.65. The molecule has 0 bridgehead atoms. The molecule has 0 radical (unpaired) electrons. The van der Waals surface area contributed by atoms with Crippen molar-refractivity contribution in [2.45, 2.75) is 64.3 Å². The fourth-order valence-corrected chi connectivity index (χ4v) is 3.64. The van der Waals surface area contributed by atoms with E-state index in [2.05, 4.69) is 19.2 Å². The lowest BCUT2D eigenvalue weighted by molar-refractivity contribution is 0.125. The summed E-state index contributed by atoms with van der Waals surface area (Å²) in [5.74, 6) is 2.63. The van der Waals surface area contributed by atoms with Crippen molar-refractivity contribution < 1.29 is 0 Å². The van der Waals surface area contributed by atoms with Crippen LogP contribution in [0.5, 0.6) is 0 Å². The van der Waals surface area contributed by atoms with E-state index in [1.807, 2.05) is 0 Å². The number of nitrogens with one attached hydrogen (secondary N) is 1. The Hall–Kier alpha value is -0.0800. The van der Waals surface area contributed by atoms with Gasteiger partial charge in [-0.15, -0.1) is 0 Å². The smallest absolute Gasteiger partial charge is 0.0329 e. The SMILES string of the molecule is CC1CCC(CN)(NCCC2CCC2)C(C)C1. The topological polar surface area (TPSA) is 38.0 Å². The molecule has 100 valence electrons. The highest BCUT2D eigenvalue weighted by Crippen LogP contribution is 2.36. The standard InChI is InChI=1S/C15H30N2/c1-12-6-8-15(11-16,13(2)10-12)17-9-7-14-4-3-5-14/h12-14,17H,3-11,16H2,1-2H3. The Balaban J connectivity index is 1.80. The molecule has 2 nitrogen and oxygen atoms in total. The van der Waals surface area contributed by atoms with Gasteiger partial charge in [-0.3, -0.25) is 0 Å². The quantitative estimate of drug-likeness (QED) is 0.773. The normalized spacial score (nSPS) is 39.0. The van der Waals surface area contributed by atoms with Crippen molar-refractivity contribution in [2.24, 2.45) is 23.5 Å². The van der Waals surface area contributed by atoms with Gasteiger partial charge in [-0.2, -0.15) is 0 Å². The molecule has 17 heavy (non-hydrogen) atoms. The average molecular weight is 238 g/mol. The van der Waals surface area contributed by atoms with Gasteiger partial charge in [0.25, 0.3) is 0 Å². The van der Waals surface area contributed by atoms with Gasteiger partial charge in [0, 0.05) is 12.1 Å². The van der Waals surface area contributed by atoms with Crippen molar-refractivity contribution in [1.82, 2.24) is 5.32 Å². The van der Waals surface area contributed by atoms with Crippen LogP contribution in [0.2, 0.25) is 0 Å². The summed E-state index contributed by atoms with van der Waals surface area (Å²) in [5, 5.41) is 3.83. The third-order valence-corrected chi connectivity index (χ3v) is 5.40. The van der Waals surface area contributed by atoms with E-state index in [0.29, 0.717) is 0 Å². The van der Waals surface area contributed by atoms with Gasteiger partial charge in [-0.25, -0.2) is 0 Å². The molecule has 0 saturated heterocycles. The van der Waals surface area contributed by atoms with E-state index < -0.39 is 0 Å². The first-order chi connectivity index (χ1) is 8.16. The molecule has 3 unspecified atom stereocenters. The minimum atomic E-state index is 0.246. The van der Waals surface area contributed by atoms with Crippen molar-refractivity contribution in [3.8, 4) is 0 Å². The summed E-state index contributed by atoms with van der Waals surface area (Å²) in [4.78, 5) is 0. The average Bonchev–Trinajstić information content (AvgIpc) is 2.25. The minimum Gasteiger partial charge on any atom is -0.329 e. The van der Waals surface area contributed by atoms with Crippen LogP contribution < -0.4 is 11.1 Å². The maximum atomic E-state index is 6.07. The highest BCUT2D eigenvalue weighted by molar-refractivity contribution is 4.97. The Labute approximate surface area is 107 Å². The van der Waals surface area contributed by atoms with Gasteiger partial charge in [0.1, 0.15) is 0 Å². The van der Waals surface area contributed by atoms with Gasteiger partial charge in [-0.1, -0.05) is 33.1 Å². The Morgan fingerprint density at radius 2 is 2.00 bits per heavy atom. The molecule has 3 atom stereocenters. The summed E-state index contributed by atoms with van der Waals surface area (Å²) in [6, 6.07) is 0. The van der Waals surface area contributed by atoms with E-state index in [-0.39, 0.29) is 5.54 Å². The summed E-state index contributed by atoms with van der Waals surface area (Å²) < 4.78 is 0. The summed E-state index contributed by atoms with van der Waals surface area (Å²) in [5.41, 5.74) is 6.32. The first-order valence-corrected chi connectivity index (χ1v) is 7.61. The molecule has 2 aliphatic rings. The van der Waals surface area contributed by atoms with Crippen molar-refractivity contribution in [1.29, 1.82) is 0 Å². The molecule has 2 saturated carbocycles. The fraction of sp³-hybridized carbons (Fsp3) is 1.00. The maximum absolute atomic E-state index is 6.07.